The van der Waals surface area contributed by atoms with Crippen molar-refractivity contribution in [3.63, 3.8) is 0 Å². The second-order valence-corrected chi connectivity index (χ2v) is 5.37. The third-order valence-electron chi connectivity index (χ3n) is 3.59. The molecule has 0 saturated carbocycles. The van der Waals surface area contributed by atoms with Crippen LogP contribution in [0, 0.1) is 0 Å². The zero-order valence-corrected chi connectivity index (χ0v) is 13.7. The number of hydrogen-bond donors (Lipinski definition) is 1. The Morgan fingerprint density at radius 3 is 2.76 bits per heavy atom. The van der Waals surface area contributed by atoms with Gasteiger partial charge in [0.25, 0.3) is 5.91 Å². The van der Waals surface area contributed by atoms with Gasteiger partial charge in [0, 0.05) is 24.1 Å². The lowest BCUT2D eigenvalue weighted by atomic mass is 10.2. The minimum absolute atomic E-state index is 0.132. The smallest absolute Gasteiger partial charge is 0.336 e. The van der Waals surface area contributed by atoms with Gasteiger partial charge in [0.2, 0.25) is 0 Å². The van der Waals surface area contributed by atoms with Crippen LogP contribution in [0.5, 0.6) is 11.5 Å². The van der Waals surface area contributed by atoms with Gasteiger partial charge in [-0.3, -0.25) is 4.79 Å². The number of carbonyl (C=O) groups excluding carboxylic acids is 1. The van der Waals surface area contributed by atoms with Crippen molar-refractivity contribution in [1.82, 2.24) is 5.32 Å². The quantitative estimate of drug-likeness (QED) is 0.698. The van der Waals surface area contributed by atoms with Gasteiger partial charge in [-0.25, -0.2) is 4.79 Å². The van der Waals surface area contributed by atoms with E-state index in [4.69, 9.17) is 13.9 Å². The van der Waals surface area contributed by atoms with Crippen LogP contribution in [0.1, 0.15) is 5.56 Å². The Bertz CT molecular complexity index is 948. The molecular weight excluding hydrogens is 322 g/mol. The first-order valence-electron chi connectivity index (χ1n) is 7.70. The van der Waals surface area contributed by atoms with Crippen LogP contribution < -0.4 is 20.4 Å². The third-order valence-corrected chi connectivity index (χ3v) is 3.59. The fourth-order valence-electron chi connectivity index (χ4n) is 2.31. The van der Waals surface area contributed by atoms with E-state index in [0.717, 1.165) is 16.7 Å². The van der Waals surface area contributed by atoms with Crippen molar-refractivity contribution >= 4 is 16.9 Å². The molecule has 0 radical (unpaired) electrons. The van der Waals surface area contributed by atoms with Gasteiger partial charge in [0.1, 0.15) is 17.1 Å². The zero-order valence-electron chi connectivity index (χ0n) is 13.7. The summed E-state index contributed by atoms with van der Waals surface area (Å²) in [6, 6.07) is 15.6. The van der Waals surface area contributed by atoms with Gasteiger partial charge >= 0.3 is 5.63 Å². The number of hydrogen-bond acceptors (Lipinski definition) is 5. The lowest BCUT2D eigenvalue weighted by Crippen LogP contribution is -2.28. The normalized spacial score (nSPS) is 10.4. The number of benzene rings is 2. The molecule has 0 aliphatic rings. The first kappa shape index (κ1) is 16.6. The standard InChI is InChI=1S/C19H17NO5/c1-23-15-4-2-3-13(9-15)11-20-18(21)12-24-16-7-5-14-6-8-19(22)25-17(14)10-16/h2-10H,11-12H2,1H3,(H,20,21). The molecule has 6 heteroatoms. The van der Waals surface area contributed by atoms with E-state index in [1.54, 1.807) is 31.4 Å². The molecular formula is C19H17NO5. The first-order valence-corrected chi connectivity index (χ1v) is 7.70. The maximum atomic E-state index is 11.9. The number of amides is 1. The third kappa shape index (κ3) is 4.38. The van der Waals surface area contributed by atoms with Crippen molar-refractivity contribution in [2.45, 2.75) is 6.54 Å². The van der Waals surface area contributed by atoms with Gasteiger partial charge in [0.05, 0.1) is 7.11 Å². The van der Waals surface area contributed by atoms with Crippen molar-refractivity contribution in [3.8, 4) is 11.5 Å². The van der Waals surface area contributed by atoms with E-state index < -0.39 is 5.63 Å². The Hall–Kier alpha value is -3.28. The number of fused-ring (bicyclic) bond motifs is 1. The Morgan fingerprint density at radius 2 is 1.92 bits per heavy atom. The molecule has 0 aliphatic heterocycles. The van der Waals surface area contributed by atoms with Gasteiger partial charge in [-0.1, -0.05) is 12.1 Å². The van der Waals surface area contributed by atoms with Crippen molar-refractivity contribution in [3.05, 3.63) is 70.6 Å². The van der Waals surface area contributed by atoms with Crippen LogP contribution in [0.25, 0.3) is 11.0 Å². The first-order chi connectivity index (χ1) is 12.1. The minimum Gasteiger partial charge on any atom is -0.497 e. The molecule has 0 atom stereocenters. The molecule has 2 aromatic carbocycles. The summed E-state index contributed by atoms with van der Waals surface area (Å²) >= 11 is 0. The van der Waals surface area contributed by atoms with Gasteiger partial charge < -0.3 is 19.2 Å². The molecule has 25 heavy (non-hydrogen) atoms. The van der Waals surface area contributed by atoms with Crippen molar-refractivity contribution < 1.29 is 18.7 Å². The molecule has 0 spiro atoms. The lowest BCUT2D eigenvalue weighted by Gasteiger charge is -2.09. The summed E-state index contributed by atoms with van der Waals surface area (Å²) in [6.07, 6.45) is 0. The highest BCUT2D eigenvalue weighted by Crippen LogP contribution is 2.19. The Balaban J connectivity index is 1.55. The number of rotatable bonds is 6. The van der Waals surface area contributed by atoms with Gasteiger partial charge in [-0.05, 0) is 35.9 Å². The summed E-state index contributed by atoms with van der Waals surface area (Å²) in [5.41, 5.74) is 0.919. The number of ether oxygens (including phenoxy) is 2. The van der Waals surface area contributed by atoms with E-state index in [2.05, 4.69) is 5.32 Å². The fourth-order valence-corrected chi connectivity index (χ4v) is 2.31. The highest BCUT2D eigenvalue weighted by Gasteiger charge is 2.05. The Morgan fingerprint density at radius 1 is 1.08 bits per heavy atom. The van der Waals surface area contributed by atoms with Crippen LogP contribution in [-0.2, 0) is 11.3 Å². The molecule has 3 aromatic rings. The summed E-state index contributed by atoms with van der Waals surface area (Å²) in [5, 5.41) is 3.56. The summed E-state index contributed by atoms with van der Waals surface area (Å²) < 4.78 is 15.7. The topological polar surface area (TPSA) is 77.8 Å². The Labute approximate surface area is 144 Å². The average Bonchev–Trinajstić information content (AvgIpc) is 2.64. The van der Waals surface area contributed by atoms with Crippen LogP contribution >= 0.6 is 0 Å². The molecule has 6 nitrogen and oxygen atoms in total. The molecule has 3 rings (SSSR count). The van der Waals surface area contributed by atoms with E-state index >= 15 is 0 Å². The minimum atomic E-state index is -0.430. The van der Waals surface area contributed by atoms with Gasteiger partial charge in [-0.15, -0.1) is 0 Å². The number of nitrogens with one attached hydrogen (secondary N) is 1. The molecule has 0 saturated heterocycles. The summed E-state index contributed by atoms with van der Waals surface area (Å²) in [4.78, 5) is 23.2. The molecule has 0 bridgehead atoms. The lowest BCUT2D eigenvalue weighted by molar-refractivity contribution is -0.123. The molecule has 0 fully saturated rings. The second-order valence-electron chi connectivity index (χ2n) is 5.37. The molecule has 1 amide bonds. The van der Waals surface area contributed by atoms with E-state index in [1.165, 1.54) is 6.07 Å². The van der Waals surface area contributed by atoms with E-state index in [1.807, 2.05) is 24.3 Å². The van der Waals surface area contributed by atoms with Gasteiger partial charge in [-0.2, -0.15) is 0 Å². The van der Waals surface area contributed by atoms with E-state index in [0.29, 0.717) is 17.9 Å². The number of methoxy groups -OCH3 is 1. The SMILES string of the molecule is COc1cccc(CNC(=O)COc2ccc3ccc(=O)oc3c2)c1. The van der Waals surface area contributed by atoms with Gasteiger partial charge in [0.15, 0.2) is 6.61 Å². The highest BCUT2D eigenvalue weighted by atomic mass is 16.5. The molecule has 1 N–H and O–H groups in total. The van der Waals surface area contributed by atoms with Crippen LogP contribution in [0.4, 0.5) is 0 Å². The predicted octanol–water partition coefficient (Wildman–Crippen LogP) is 2.50. The molecule has 0 unspecified atom stereocenters. The van der Waals surface area contributed by atoms with Crippen LogP contribution in [0.2, 0.25) is 0 Å². The van der Waals surface area contributed by atoms with Crippen LogP contribution in [0.15, 0.2) is 63.8 Å². The second kappa shape index (κ2) is 7.53. The predicted molar refractivity (Wildman–Crippen MR) is 92.8 cm³/mol. The average molecular weight is 339 g/mol. The van der Waals surface area contributed by atoms with Crippen molar-refractivity contribution in [2.75, 3.05) is 13.7 Å². The van der Waals surface area contributed by atoms with E-state index in [-0.39, 0.29) is 12.5 Å². The highest BCUT2D eigenvalue weighted by molar-refractivity contribution is 5.79. The largest absolute Gasteiger partial charge is 0.497 e. The van der Waals surface area contributed by atoms with E-state index in [9.17, 15) is 9.59 Å². The summed E-state index contributed by atoms with van der Waals surface area (Å²) in [5.74, 6) is 0.941. The molecule has 0 aliphatic carbocycles. The summed E-state index contributed by atoms with van der Waals surface area (Å²) in [7, 11) is 1.59. The van der Waals surface area contributed by atoms with Crippen LogP contribution in [0.3, 0.4) is 0 Å². The maximum Gasteiger partial charge on any atom is 0.336 e. The zero-order chi connectivity index (χ0) is 17.6. The molecule has 128 valence electrons. The number of carbonyl (C=O) groups is 1. The molecule has 1 heterocycles. The maximum absolute atomic E-state index is 11.9. The van der Waals surface area contributed by atoms with Crippen molar-refractivity contribution in [2.24, 2.45) is 0 Å². The Kier molecular flexibility index (Phi) is 4.99. The molecule has 1 aromatic heterocycles. The summed E-state index contributed by atoms with van der Waals surface area (Å²) in [6.45, 7) is 0.249. The van der Waals surface area contributed by atoms with Crippen molar-refractivity contribution in [1.29, 1.82) is 0 Å². The van der Waals surface area contributed by atoms with Crippen LogP contribution in [-0.4, -0.2) is 19.6 Å². The monoisotopic (exact) mass is 339 g/mol. The fraction of sp³-hybridized carbons (Fsp3) is 0.158.